The molecule has 1 amide bonds. The largest absolute Gasteiger partial charge is 0.345 e. The predicted octanol–water partition coefficient (Wildman–Crippen LogP) is 2.41. The van der Waals surface area contributed by atoms with Crippen molar-refractivity contribution >= 4 is 33.0 Å². The molecular formula is C17H21N3O3S2. The second kappa shape index (κ2) is 6.78. The van der Waals surface area contributed by atoms with Crippen molar-refractivity contribution in [2.45, 2.75) is 29.5 Å². The molecule has 4 N–H and O–H groups in total. The van der Waals surface area contributed by atoms with Gasteiger partial charge in [-0.05, 0) is 55.3 Å². The molecule has 1 saturated carbocycles. The molecule has 0 saturated heterocycles. The Morgan fingerprint density at radius 2 is 2.08 bits per heavy atom. The highest BCUT2D eigenvalue weighted by atomic mass is 32.2. The van der Waals surface area contributed by atoms with E-state index >= 15 is 0 Å². The number of benzene rings is 1. The highest BCUT2D eigenvalue weighted by Crippen LogP contribution is 2.39. The van der Waals surface area contributed by atoms with E-state index in [1.165, 1.54) is 12.1 Å². The summed E-state index contributed by atoms with van der Waals surface area (Å²) in [6.07, 6.45) is 2.13. The number of anilines is 1. The Labute approximate surface area is 151 Å². The third-order valence-electron chi connectivity index (χ3n) is 4.44. The molecule has 25 heavy (non-hydrogen) atoms. The van der Waals surface area contributed by atoms with Gasteiger partial charge in [-0.15, -0.1) is 11.3 Å². The van der Waals surface area contributed by atoms with E-state index in [9.17, 15) is 13.2 Å². The lowest BCUT2D eigenvalue weighted by Gasteiger charge is -2.29. The van der Waals surface area contributed by atoms with Crippen LogP contribution in [0.2, 0.25) is 0 Å². The number of hydrogen-bond acceptors (Lipinski definition) is 5. The Kier molecular flexibility index (Phi) is 4.86. The van der Waals surface area contributed by atoms with E-state index in [4.69, 9.17) is 5.73 Å². The van der Waals surface area contributed by atoms with Gasteiger partial charge in [0.1, 0.15) is 4.21 Å². The first-order valence-electron chi connectivity index (χ1n) is 8.03. The lowest BCUT2D eigenvalue weighted by molar-refractivity contribution is 0.0898. The van der Waals surface area contributed by atoms with Crippen molar-refractivity contribution in [1.29, 1.82) is 0 Å². The minimum absolute atomic E-state index is 0.229. The van der Waals surface area contributed by atoms with Gasteiger partial charge < -0.3 is 11.1 Å². The zero-order chi connectivity index (χ0) is 18.1. The van der Waals surface area contributed by atoms with Crippen molar-refractivity contribution < 1.29 is 13.2 Å². The summed E-state index contributed by atoms with van der Waals surface area (Å²) in [6, 6.07) is 9.66. The SMILES string of the molecule is CC(CN)(NC(=O)c1cccc(NS(=O)(=O)c2cccs2)c1)C1CC1. The molecule has 0 radical (unpaired) electrons. The maximum atomic E-state index is 12.6. The first kappa shape index (κ1) is 17.9. The molecule has 2 aromatic rings. The van der Waals surface area contributed by atoms with Crippen LogP contribution < -0.4 is 15.8 Å². The number of nitrogens with one attached hydrogen (secondary N) is 2. The van der Waals surface area contributed by atoms with Crippen LogP contribution in [-0.2, 0) is 10.0 Å². The molecule has 8 heteroatoms. The first-order valence-corrected chi connectivity index (χ1v) is 10.4. The normalized spacial score (nSPS) is 16.9. The summed E-state index contributed by atoms with van der Waals surface area (Å²) in [7, 11) is -3.64. The molecular weight excluding hydrogens is 358 g/mol. The van der Waals surface area contributed by atoms with Crippen LogP contribution in [0.4, 0.5) is 5.69 Å². The lowest BCUT2D eigenvalue weighted by Crippen LogP contribution is -2.53. The number of thiophene rings is 1. The zero-order valence-electron chi connectivity index (χ0n) is 13.9. The van der Waals surface area contributed by atoms with Crippen LogP contribution in [0.15, 0.2) is 46.0 Å². The van der Waals surface area contributed by atoms with Gasteiger partial charge in [-0.1, -0.05) is 12.1 Å². The van der Waals surface area contributed by atoms with E-state index in [0.29, 0.717) is 23.7 Å². The van der Waals surface area contributed by atoms with Crippen molar-refractivity contribution in [2.24, 2.45) is 11.7 Å². The molecule has 1 unspecified atom stereocenters. The molecule has 1 aromatic heterocycles. The highest BCUT2D eigenvalue weighted by Gasteiger charge is 2.41. The van der Waals surface area contributed by atoms with Crippen molar-refractivity contribution in [3.63, 3.8) is 0 Å². The summed E-state index contributed by atoms with van der Waals surface area (Å²) in [5, 5.41) is 4.70. The maximum Gasteiger partial charge on any atom is 0.271 e. The van der Waals surface area contributed by atoms with Crippen LogP contribution in [0, 0.1) is 5.92 Å². The summed E-state index contributed by atoms with van der Waals surface area (Å²) in [5.74, 6) is 0.152. The standard InChI is InChI=1S/C17H21N3O3S2/c1-17(11-18,13-7-8-13)19-16(21)12-4-2-5-14(10-12)20-25(22,23)15-6-3-9-24-15/h2-6,9-10,13,20H,7-8,11,18H2,1H3,(H,19,21). The molecule has 3 rings (SSSR count). The van der Waals surface area contributed by atoms with Gasteiger partial charge in [0.2, 0.25) is 0 Å². The summed E-state index contributed by atoms with van der Waals surface area (Å²) < 4.78 is 27.3. The topological polar surface area (TPSA) is 101 Å². The first-order chi connectivity index (χ1) is 11.8. The quantitative estimate of drug-likeness (QED) is 0.687. The minimum Gasteiger partial charge on any atom is -0.345 e. The Hall–Kier alpha value is -1.90. The molecule has 1 fully saturated rings. The fraction of sp³-hybridized carbons (Fsp3) is 0.353. The second-order valence-corrected chi connectivity index (χ2v) is 9.33. The van der Waals surface area contributed by atoms with E-state index in [1.807, 2.05) is 6.92 Å². The number of sulfonamides is 1. The van der Waals surface area contributed by atoms with Crippen LogP contribution >= 0.6 is 11.3 Å². The number of nitrogens with two attached hydrogens (primary N) is 1. The fourth-order valence-corrected chi connectivity index (χ4v) is 4.76. The summed E-state index contributed by atoms with van der Waals surface area (Å²) in [5.41, 5.74) is 6.15. The number of carbonyl (C=O) groups is 1. The average molecular weight is 380 g/mol. The van der Waals surface area contributed by atoms with Gasteiger partial charge in [-0.3, -0.25) is 9.52 Å². The van der Waals surface area contributed by atoms with Crippen LogP contribution in [0.5, 0.6) is 0 Å². The Morgan fingerprint density at radius 1 is 1.32 bits per heavy atom. The summed E-state index contributed by atoms with van der Waals surface area (Å²) in [4.78, 5) is 12.6. The number of hydrogen-bond donors (Lipinski definition) is 3. The number of rotatable bonds is 7. The number of carbonyl (C=O) groups excluding carboxylic acids is 1. The van der Waals surface area contributed by atoms with E-state index in [-0.39, 0.29) is 10.1 Å². The molecule has 1 aromatic carbocycles. The molecule has 1 heterocycles. The zero-order valence-corrected chi connectivity index (χ0v) is 15.5. The molecule has 1 aliphatic rings. The van der Waals surface area contributed by atoms with Gasteiger partial charge in [0.15, 0.2) is 0 Å². The molecule has 1 atom stereocenters. The third-order valence-corrected chi connectivity index (χ3v) is 7.22. The minimum atomic E-state index is -3.64. The predicted molar refractivity (Wildman–Crippen MR) is 99.2 cm³/mol. The lowest BCUT2D eigenvalue weighted by atomic mass is 9.95. The molecule has 134 valence electrons. The average Bonchev–Trinajstić information content (AvgIpc) is 3.29. The van der Waals surface area contributed by atoms with Gasteiger partial charge in [-0.2, -0.15) is 0 Å². The fourth-order valence-electron chi connectivity index (χ4n) is 2.72. The summed E-state index contributed by atoms with van der Waals surface area (Å²) in [6.45, 7) is 2.32. The van der Waals surface area contributed by atoms with E-state index < -0.39 is 15.6 Å². The highest BCUT2D eigenvalue weighted by molar-refractivity contribution is 7.94. The van der Waals surface area contributed by atoms with Gasteiger partial charge in [0.05, 0.1) is 5.54 Å². The Balaban J connectivity index is 1.76. The van der Waals surface area contributed by atoms with Gasteiger partial charge >= 0.3 is 0 Å². The van der Waals surface area contributed by atoms with Crippen LogP contribution in [-0.4, -0.2) is 26.4 Å². The Morgan fingerprint density at radius 3 is 2.68 bits per heavy atom. The molecule has 0 spiro atoms. The molecule has 1 aliphatic carbocycles. The molecule has 6 nitrogen and oxygen atoms in total. The van der Waals surface area contributed by atoms with Crippen molar-refractivity contribution in [2.75, 3.05) is 11.3 Å². The van der Waals surface area contributed by atoms with Crippen LogP contribution in [0.3, 0.4) is 0 Å². The van der Waals surface area contributed by atoms with Gasteiger partial charge in [0, 0.05) is 17.8 Å². The van der Waals surface area contributed by atoms with Gasteiger partial charge in [0.25, 0.3) is 15.9 Å². The van der Waals surface area contributed by atoms with Crippen LogP contribution in [0.25, 0.3) is 0 Å². The molecule has 0 bridgehead atoms. The maximum absolute atomic E-state index is 12.6. The van der Waals surface area contributed by atoms with Gasteiger partial charge in [-0.25, -0.2) is 8.42 Å². The Bertz CT molecular complexity index is 861. The second-order valence-electron chi connectivity index (χ2n) is 6.47. The number of amides is 1. The van der Waals surface area contributed by atoms with E-state index in [0.717, 1.165) is 24.2 Å². The van der Waals surface area contributed by atoms with Crippen molar-refractivity contribution in [3.8, 4) is 0 Å². The monoisotopic (exact) mass is 379 g/mol. The molecule has 0 aliphatic heterocycles. The van der Waals surface area contributed by atoms with Crippen molar-refractivity contribution in [3.05, 3.63) is 47.3 Å². The third kappa shape index (κ3) is 4.02. The van der Waals surface area contributed by atoms with Crippen molar-refractivity contribution in [1.82, 2.24) is 5.32 Å². The van der Waals surface area contributed by atoms with Crippen LogP contribution in [0.1, 0.15) is 30.1 Å². The summed E-state index contributed by atoms with van der Waals surface area (Å²) >= 11 is 1.14. The van der Waals surface area contributed by atoms with E-state index in [1.54, 1.807) is 29.6 Å². The smallest absolute Gasteiger partial charge is 0.271 e. The van der Waals surface area contributed by atoms with E-state index in [2.05, 4.69) is 10.0 Å².